The van der Waals surface area contributed by atoms with Crippen LogP contribution in [0.25, 0.3) is 0 Å². The van der Waals surface area contributed by atoms with Crippen LogP contribution in [0, 0.1) is 5.92 Å². The van der Waals surface area contributed by atoms with Crippen molar-refractivity contribution in [2.75, 3.05) is 31.1 Å². The minimum atomic E-state index is -3.48. The molecule has 2 aromatic carbocycles. The molecule has 2 aromatic rings. The molecule has 0 fully saturated rings. The van der Waals surface area contributed by atoms with Gasteiger partial charge in [0.05, 0.1) is 4.90 Å². The summed E-state index contributed by atoms with van der Waals surface area (Å²) in [6.45, 7) is 1.77. The zero-order chi connectivity index (χ0) is 17.0. The van der Waals surface area contributed by atoms with E-state index in [2.05, 4.69) is 21.8 Å². The highest BCUT2D eigenvalue weighted by Crippen LogP contribution is 2.29. The lowest BCUT2D eigenvalue weighted by atomic mass is 9.93. The van der Waals surface area contributed by atoms with Crippen molar-refractivity contribution in [3.05, 3.63) is 60.2 Å². The minimum absolute atomic E-state index is 0.139. The zero-order valence-electron chi connectivity index (χ0n) is 13.4. The molecule has 2 N–H and O–H groups in total. The first-order valence-electron chi connectivity index (χ1n) is 8.08. The Morgan fingerprint density at radius 1 is 1.08 bits per heavy atom. The molecule has 0 saturated heterocycles. The predicted octanol–water partition coefficient (Wildman–Crippen LogP) is 1.64. The third-order valence-electron chi connectivity index (χ3n) is 4.30. The van der Waals surface area contributed by atoms with Gasteiger partial charge in [0.25, 0.3) is 0 Å². The molecule has 3 rings (SSSR count). The van der Waals surface area contributed by atoms with Gasteiger partial charge < -0.3 is 10.0 Å². The lowest BCUT2D eigenvalue weighted by molar-refractivity contribution is 0.224. The summed E-state index contributed by atoms with van der Waals surface area (Å²) in [5.74, 6) is 0.186. The first-order valence-corrected chi connectivity index (χ1v) is 9.57. The summed E-state index contributed by atoms with van der Waals surface area (Å²) in [5, 5.41) is 9.50. The van der Waals surface area contributed by atoms with Crippen molar-refractivity contribution in [2.45, 2.75) is 11.3 Å². The molecule has 24 heavy (non-hydrogen) atoms. The molecule has 1 unspecified atom stereocenters. The number of aliphatic hydroxyl groups excluding tert-OH is 1. The Labute approximate surface area is 143 Å². The molecule has 128 valence electrons. The van der Waals surface area contributed by atoms with Crippen LogP contribution >= 0.6 is 0 Å². The average Bonchev–Trinajstić information content (AvgIpc) is 2.62. The third kappa shape index (κ3) is 3.77. The minimum Gasteiger partial charge on any atom is -0.396 e. The quantitative estimate of drug-likeness (QED) is 0.834. The number of para-hydroxylation sites is 1. The highest BCUT2D eigenvalue weighted by Gasteiger charge is 2.23. The van der Waals surface area contributed by atoms with E-state index in [0.717, 1.165) is 18.7 Å². The van der Waals surface area contributed by atoms with E-state index in [1.165, 1.54) is 5.56 Å². The number of sulfonamides is 1. The number of nitrogens with one attached hydrogen (secondary N) is 1. The number of hydrogen-bond donors (Lipinski definition) is 2. The van der Waals surface area contributed by atoms with Crippen LogP contribution in [0.15, 0.2) is 59.5 Å². The summed E-state index contributed by atoms with van der Waals surface area (Å²) in [6, 6.07) is 16.5. The van der Waals surface area contributed by atoms with E-state index >= 15 is 0 Å². The van der Waals surface area contributed by atoms with Gasteiger partial charge >= 0.3 is 0 Å². The number of rotatable bonds is 6. The Balaban J connectivity index is 1.66. The predicted molar refractivity (Wildman–Crippen MR) is 94.6 cm³/mol. The highest BCUT2D eigenvalue weighted by molar-refractivity contribution is 7.89. The number of hydrogen-bond acceptors (Lipinski definition) is 4. The van der Waals surface area contributed by atoms with E-state index in [9.17, 15) is 13.5 Å². The van der Waals surface area contributed by atoms with E-state index in [1.807, 2.05) is 12.1 Å². The average molecular weight is 346 g/mol. The largest absolute Gasteiger partial charge is 0.396 e. The number of aliphatic hydroxyl groups is 1. The summed E-state index contributed by atoms with van der Waals surface area (Å²) in [5.41, 5.74) is 2.33. The molecule has 0 radical (unpaired) electrons. The second kappa shape index (κ2) is 7.34. The first-order chi connectivity index (χ1) is 11.6. The molecular formula is C18H22N2O3S. The van der Waals surface area contributed by atoms with E-state index in [1.54, 1.807) is 30.3 Å². The summed E-state index contributed by atoms with van der Waals surface area (Å²) in [4.78, 5) is 2.42. The second-order valence-corrected chi connectivity index (χ2v) is 7.81. The summed E-state index contributed by atoms with van der Waals surface area (Å²) in [6.07, 6.45) is 0.860. The van der Waals surface area contributed by atoms with Crippen molar-refractivity contribution in [3.8, 4) is 0 Å². The fraction of sp³-hybridized carbons (Fsp3) is 0.333. The molecule has 0 saturated carbocycles. The summed E-state index contributed by atoms with van der Waals surface area (Å²) in [7, 11) is -3.48. The molecule has 0 aromatic heterocycles. The van der Waals surface area contributed by atoms with Gasteiger partial charge in [0, 0.05) is 37.8 Å². The van der Waals surface area contributed by atoms with Crippen LogP contribution in [0.5, 0.6) is 0 Å². The molecule has 5 nitrogen and oxygen atoms in total. The standard InChI is InChI=1S/C18H22N2O3S/c21-14-15-12-16-6-4-5-9-18(16)20(13-15)11-10-19-24(22,23)17-7-2-1-3-8-17/h1-9,15,19,21H,10-14H2. The van der Waals surface area contributed by atoms with Crippen LogP contribution in [-0.2, 0) is 16.4 Å². The summed E-state index contributed by atoms with van der Waals surface area (Å²) < 4.78 is 27.2. The van der Waals surface area contributed by atoms with E-state index in [0.29, 0.717) is 13.1 Å². The molecule has 1 atom stereocenters. The lowest BCUT2D eigenvalue weighted by Crippen LogP contribution is -2.41. The monoisotopic (exact) mass is 346 g/mol. The molecule has 1 aliphatic rings. The van der Waals surface area contributed by atoms with Gasteiger partial charge in [-0.1, -0.05) is 36.4 Å². The molecule has 0 aliphatic carbocycles. The normalized spacial score (nSPS) is 17.5. The SMILES string of the molecule is O=S(=O)(NCCN1CC(CO)Cc2ccccc21)c1ccccc1. The van der Waals surface area contributed by atoms with Crippen molar-refractivity contribution in [1.29, 1.82) is 0 Å². The number of fused-ring (bicyclic) bond motifs is 1. The number of benzene rings is 2. The fourth-order valence-electron chi connectivity index (χ4n) is 3.11. The summed E-state index contributed by atoms with van der Waals surface area (Å²) >= 11 is 0. The van der Waals surface area contributed by atoms with Crippen LogP contribution in [0.2, 0.25) is 0 Å². The van der Waals surface area contributed by atoms with Crippen molar-refractivity contribution >= 4 is 15.7 Å². The van der Waals surface area contributed by atoms with Gasteiger partial charge in [-0.3, -0.25) is 0 Å². The Morgan fingerprint density at radius 3 is 2.54 bits per heavy atom. The number of nitrogens with zero attached hydrogens (tertiary/aromatic N) is 1. The maximum atomic E-state index is 12.3. The van der Waals surface area contributed by atoms with Crippen molar-refractivity contribution in [3.63, 3.8) is 0 Å². The molecule has 6 heteroatoms. The van der Waals surface area contributed by atoms with Crippen LogP contribution in [-0.4, -0.2) is 39.8 Å². The zero-order valence-corrected chi connectivity index (χ0v) is 14.2. The Hall–Kier alpha value is -1.89. The van der Waals surface area contributed by atoms with Gasteiger partial charge in [-0.05, 0) is 30.2 Å². The van der Waals surface area contributed by atoms with E-state index in [4.69, 9.17) is 0 Å². The van der Waals surface area contributed by atoms with Crippen LogP contribution < -0.4 is 9.62 Å². The van der Waals surface area contributed by atoms with Gasteiger partial charge in [-0.15, -0.1) is 0 Å². The maximum Gasteiger partial charge on any atom is 0.240 e. The molecule has 0 amide bonds. The van der Waals surface area contributed by atoms with Crippen molar-refractivity contribution < 1.29 is 13.5 Å². The first kappa shape index (κ1) is 17.0. The van der Waals surface area contributed by atoms with Crippen LogP contribution in [0.3, 0.4) is 0 Å². The van der Waals surface area contributed by atoms with Crippen molar-refractivity contribution in [1.82, 2.24) is 4.72 Å². The van der Waals surface area contributed by atoms with Gasteiger partial charge in [0.15, 0.2) is 0 Å². The van der Waals surface area contributed by atoms with Gasteiger partial charge in [-0.25, -0.2) is 13.1 Å². The van der Waals surface area contributed by atoms with Gasteiger partial charge in [0.2, 0.25) is 10.0 Å². The highest BCUT2D eigenvalue weighted by atomic mass is 32.2. The third-order valence-corrected chi connectivity index (χ3v) is 5.78. The Kier molecular flexibility index (Phi) is 5.18. The molecule has 1 heterocycles. The van der Waals surface area contributed by atoms with E-state index < -0.39 is 10.0 Å². The Morgan fingerprint density at radius 2 is 1.79 bits per heavy atom. The lowest BCUT2D eigenvalue weighted by Gasteiger charge is -2.35. The van der Waals surface area contributed by atoms with Gasteiger partial charge in [0.1, 0.15) is 0 Å². The van der Waals surface area contributed by atoms with E-state index in [-0.39, 0.29) is 17.4 Å². The number of anilines is 1. The molecular weight excluding hydrogens is 324 g/mol. The Bertz CT molecular complexity index is 778. The smallest absolute Gasteiger partial charge is 0.240 e. The molecule has 0 bridgehead atoms. The molecule has 1 aliphatic heterocycles. The fourth-order valence-corrected chi connectivity index (χ4v) is 4.15. The topological polar surface area (TPSA) is 69.6 Å². The van der Waals surface area contributed by atoms with Crippen LogP contribution in [0.1, 0.15) is 5.56 Å². The van der Waals surface area contributed by atoms with Crippen LogP contribution in [0.4, 0.5) is 5.69 Å². The van der Waals surface area contributed by atoms with Crippen molar-refractivity contribution in [2.24, 2.45) is 5.92 Å². The maximum absolute atomic E-state index is 12.3. The van der Waals surface area contributed by atoms with Gasteiger partial charge in [-0.2, -0.15) is 0 Å². The molecule has 0 spiro atoms. The second-order valence-electron chi connectivity index (χ2n) is 6.04.